The summed E-state index contributed by atoms with van der Waals surface area (Å²) in [5.74, 6) is -3.06. The van der Waals surface area contributed by atoms with E-state index in [1.807, 2.05) is 0 Å². The number of β-amino-alcohol motifs (C(OH)–C–C–N with tert-alkyl or cyclic N) is 1. The topological polar surface area (TPSA) is 40.5 Å². The maximum atomic E-state index is 13.0. The minimum Gasteiger partial charge on any atom is -0.386 e. The highest BCUT2D eigenvalue weighted by Crippen LogP contribution is 2.46. The summed E-state index contributed by atoms with van der Waals surface area (Å²) in [7, 11) is 0. The molecule has 3 aliphatic rings. The van der Waals surface area contributed by atoms with E-state index in [0.29, 0.717) is 19.0 Å². The van der Waals surface area contributed by atoms with Crippen molar-refractivity contribution in [2.45, 2.75) is 43.6 Å². The molecule has 1 unspecified atom stereocenters. The van der Waals surface area contributed by atoms with E-state index in [0.717, 1.165) is 12.8 Å². The smallest absolute Gasteiger partial charge is 0.248 e. The van der Waals surface area contributed by atoms with E-state index in [4.69, 9.17) is 0 Å². The van der Waals surface area contributed by atoms with Crippen molar-refractivity contribution in [3.05, 3.63) is 0 Å². The zero-order valence-electron chi connectivity index (χ0n) is 9.66. The van der Waals surface area contributed by atoms with Gasteiger partial charge in [0.1, 0.15) is 5.60 Å². The summed E-state index contributed by atoms with van der Waals surface area (Å²) in [6, 6.07) is 0. The molecule has 2 aliphatic carbocycles. The van der Waals surface area contributed by atoms with E-state index in [2.05, 4.69) is 0 Å². The maximum absolute atomic E-state index is 13.0. The number of aliphatic hydroxyl groups is 1. The van der Waals surface area contributed by atoms with Crippen molar-refractivity contribution < 1.29 is 18.7 Å². The fourth-order valence-corrected chi connectivity index (χ4v) is 3.07. The normalized spacial score (nSPS) is 34.5. The summed E-state index contributed by atoms with van der Waals surface area (Å²) < 4.78 is 26.0. The van der Waals surface area contributed by atoms with E-state index in [1.54, 1.807) is 4.90 Å². The summed E-state index contributed by atoms with van der Waals surface area (Å²) in [5, 5.41) is 10.1. The number of halogens is 2. The highest BCUT2D eigenvalue weighted by molar-refractivity contribution is 5.80. The lowest BCUT2D eigenvalue weighted by Gasteiger charge is -2.47. The van der Waals surface area contributed by atoms with Gasteiger partial charge >= 0.3 is 0 Å². The third-order valence-corrected chi connectivity index (χ3v) is 4.33. The molecule has 0 aromatic carbocycles. The predicted molar refractivity (Wildman–Crippen MR) is 56.5 cm³/mol. The molecule has 1 atom stereocenters. The lowest BCUT2D eigenvalue weighted by atomic mass is 9.87. The second-order valence-corrected chi connectivity index (χ2v) is 5.87. The third kappa shape index (κ3) is 1.94. The molecule has 1 heterocycles. The molecule has 3 nitrogen and oxygen atoms in total. The van der Waals surface area contributed by atoms with E-state index in [1.165, 1.54) is 0 Å². The van der Waals surface area contributed by atoms with Gasteiger partial charge in [0.15, 0.2) is 0 Å². The van der Waals surface area contributed by atoms with Crippen molar-refractivity contribution in [3.63, 3.8) is 0 Å². The number of alkyl halides is 2. The number of nitrogens with zero attached hydrogens (tertiary/aromatic N) is 1. The molecule has 0 bridgehead atoms. The Kier molecular flexibility index (Phi) is 2.28. The first-order valence-electron chi connectivity index (χ1n) is 6.29. The van der Waals surface area contributed by atoms with Gasteiger partial charge in [-0.25, -0.2) is 8.78 Å². The van der Waals surface area contributed by atoms with Crippen LogP contribution < -0.4 is 0 Å². The number of likely N-dealkylation sites (tertiary alicyclic amines) is 1. The summed E-state index contributed by atoms with van der Waals surface area (Å²) in [5.41, 5.74) is -0.712. The molecule has 2 saturated carbocycles. The van der Waals surface area contributed by atoms with E-state index >= 15 is 0 Å². The van der Waals surface area contributed by atoms with Crippen LogP contribution in [0.4, 0.5) is 8.78 Å². The molecule has 3 fully saturated rings. The van der Waals surface area contributed by atoms with Gasteiger partial charge in [0.05, 0.1) is 13.1 Å². The number of hydrogen-bond acceptors (Lipinski definition) is 2. The largest absolute Gasteiger partial charge is 0.386 e. The Labute approximate surface area is 98.8 Å². The van der Waals surface area contributed by atoms with Crippen molar-refractivity contribution in [3.8, 4) is 0 Å². The number of amides is 1. The van der Waals surface area contributed by atoms with Crippen molar-refractivity contribution in [2.24, 2.45) is 11.8 Å². The van der Waals surface area contributed by atoms with Gasteiger partial charge in [0.25, 0.3) is 0 Å². The second kappa shape index (κ2) is 3.40. The number of carbonyl (C=O) groups is 1. The van der Waals surface area contributed by atoms with Crippen molar-refractivity contribution in [2.75, 3.05) is 13.1 Å². The number of rotatable bonds is 2. The van der Waals surface area contributed by atoms with E-state index in [-0.39, 0.29) is 25.2 Å². The molecule has 1 saturated heterocycles. The van der Waals surface area contributed by atoms with E-state index < -0.39 is 17.4 Å². The first-order chi connectivity index (χ1) is 7.90. The molecule has 17 heavy (non-hydrogen) atoms. The zero-order chi connectivity index (χ0) is 12.3. The van der Waals surface area contributed by atoms with Crippen LogP contribution in [0.3, 0.4) is 0 Å². The molecular formula is C12H17F2NO2. The molecule has 0 aromatic rings. The Morgan fingerprint density at radius 1 is 1.24 bits per heavy atom. The monoisotopic (exact) mass is 245 g/mol. The van der Waals surface area contributed by atoms with Gasteiger partial charge in [-0.15, -0.1) is 0 Å². The van der Waals surface area contributed by atoms with Crippen LogP contribution in [0.1, 0.15) is 32.1 Å². The van der Waals surface area contributed by atoms with Crippen LogP contribution in [0, 0.1) is 11.8 Å². The van der Waals surface area contributed by atoms with Gasteiger partial charge < -0.3 is 10.0 Å². The first-order valence-corrected chi connectivity index (χ1v) is 6.29. The Morgan fingerprint density at radius 2 is 1.88 bits per heavy atom. The highest BCUT2D eigenvalue weighted by Gasteiger charge is 2.55. The first kappa shape index (κ1) is 11.4. The lowest BCUT2D eigenvalue weighted by molar-refractivity contribution is -0.163. The molecule has 5 heteroatoms. The molecule has 96 valence electrons. The molecule has 1 amide bonds. The van der Waals surface area contributed by atoms with Crippen molar-refractivity contribution in [1.82, 2.24) is 4.90 Å². The molecule has 1 N–H and O–H groups in total. The molecule has 0 radical (unpaired) electrons. The number of hydrogen-bond donors (Lipinski definition) is 1. The average molecular weight is 245 g/mol. The van der Waals surface area contributed by atoms with Gasteiger partial charge in [-0.2, -0.15) is 0 Å². The predicted octanol–water partition coefficient (Wildman–Crippen LogP) is 1.41. The second-order valence-electron chi connectivity index (χ2n) is 5.87. The maximum Gasteiger partial charge on any atom is 0.248 e. The quantitative estimate of drug-likeness (QED) is 0.799. The van der Waals surface area contributed by atoms with Crippen LogP contribution in [0.2, 0.25) is 0 Å². The van der Waals surface area contributed by atoms with Gasteiger partial charge in [0.2, 0.25) is 11.8 Å². The SMILES string of the molecule is O=C(C1CCC(F)(F)C1)N1CC(O)(C2CC2)C1. The van der Waals surface area contributed by atoms with Gasteiger partial charge in [0, 0.05) is 18.8 Å². The summed E-state index contributed by atoms with van der Waals surface area (Å²) in [6.07, 6.45) is 1.85. The lowest BCUT2D eigenvalue weighted by Crippen LogP contribution is -2.65. The van der Waals surface area contributed by atoms with Crippen LogP contribution in [0.5, 0.6) is 0 Å². The Morgan fingerprint density at radius 3 is 2.35 bits per heavy atom. The van der Waals surface area contributed by atoms with Crippen LogP contribution in [-0.4, -0.2) is 40.5 Å². The van der Waals surface area contributed by atoms with Crippen LogP contribution in [0.15, 0.2) is 0 Å². The van der Waals surface area contributed by atoms with Crippen molar-refractivity contribution >= 4 is 5.91 Å². The van der Waals surface area contributed by atoms with Crippen LogP contribution in [-0.2, 0) is 4.79 Å². The minimum atomic E-state index is -2.67. The van der Waals surface area contributed by atoms with Gasteiger partial charge in [-0.1, -0.05) is 0 Å². The molecular weight excluding hydrogens is 228 g/mol. The summed E-state index contributed by atoms with van der Waals surface area (Å²) in [4.78, 5) is 13.5. The Bertz CT molecular complexity index is 348. The fourth-order valence-electron chi connectivity index (χ4n) is 3.07. The fraction of sp³-hybridized carbons (Fsp3) is 0.917. The van der Waals surface area contributed by atoms with E-state index in [9.17, 15) is 18.7 Å². The molecule has 3 rings (SSSR count). The zero-order valence-corrected chi connectivity index (χ0v) is 9.66. The average Bonchev–Trinajstić information content (AvgIpc) is 2.98. The molecule has 0 spiro atoms. The summed E-state index contributed by atoms with van der Waals surface area (Å²) in [6.45, 7) is 0.692. The van der Waals surface area contributed by atoms with Crippen molar-refractivity contribution in [1.29, 1.82) is 0 Å². The van der Waals surface area contributed by atoms with Crippen LogP contribution in [0.25, 0.3) is 0 Å². The minimum absolute atomic E-state index is 0.176. The van der Waals surface area contributed by atoms with Crippen LogP contribution >= 0.6 is 0 Å². The standard InChI is InChI=1S/C12H17F2NO2/c13-12(14)4-3-8(5-12)10(16)15-6-11(17,7-15)9-1-2-9/h8-9,17H,1-7H2. The van der Waals surface area contributed by atoms with Gasteiger partial charge in [-0.05, 0) is 25.2 Å². The molecule has 1 aliphatic heterocycles. The Balaban J connectivity index is 1.55. The summed E-state index contributed by atoms with van der Waals surface area (Å²) >= 11 is 0. The highest BCUT2D eigenvalue weighted by atomic mass is 19.3. The van der Waals surface area contributed by atoms with Gasteiger partial charge in [-0.3, -0.25) is 4.79 Å². The third-order valence-electron chi connectivity index (χ3n) is 4.33. The Hall–Kier alpha value is -0.710. The molecule has 0 aromatic heterocycles. The number of carbonyl (C=O) groups excluding carboxylic acids is 1.